The summed E-state index contributed by atoms with van der Waals surface area (Å²) in [7, 11) is 0. The zero-order valence-electron chi connectivity index (χ0n) is 13.1. The van der Waals surface area contributed by atoms with Crippen LogP contribution < -0.4 is 5.32 Å². The summed E-state index contributed by atoms with van der Waals surface area (Å²) in [5.74, 6) is 0.922. The van der Waals surface area contributed by atoms with Gasteiger partial charge >= 0.3 is 0 Å². The minimum absolute atomic E-state index is 0.718. The van der Waals surface area contributed by atoms with E-state index in [1.807, 2.05) is 0 Å². The first-order chi connectivity index (χ1) is 10.1. The van der Waals surface area contributed by atoms with E-state index in [-0.39, 0.29) is 0 Å². The van der Waals surface area contributed by atoms with Crippen LogP contribution in [-0.2, 0) is 13.0 Å². The van der Waals surface area contributed by atoms with Crippen molar-refractivity contribution in [3.8, 4) is 0 Å². The van der Waals surface area contributed by atoms with Gasteiger partial charge < -0.3 is 5.32 Å². The Morgan fingerprint density at radius 1 is 1.10 bits per heavy atom. The van der Waals surface area contributed by atoms with Crippen LogP contribution in [0, 0.1) is 20.8 Å². The second-order valence-corrected chi connectivity index (χ2v) is 6.11. The molecular formula is C18H23N3. The van der Waals surface area contributed by atoms with Crippen LogP contribution in [0.15, 0.2) is 24.3 Å². The number of rotatable bonds is 5. The summed E-state index contributed by atoms with van der Waals surface area (Å²) in [4.78, 5) is 9.41. The van der Waals surface area contributed by atoms with Crippen molar-refractivity contribution in [2.24, 2.45) is 0 Å². The van der Waals surface area contributed by atoms with Gasteiger partial charge in [-0.05, 0) is 39.2 Å². The van der Waals surface area contributed by atoms with Crippen molar-refractivity contribution in [2.75, 3.05) is 0 Å². The number of aromatic nitrogens is 2. The zero-order valence-corrected chi connectivity index (χ0v) is 13.1. The number of aryl methyl sites for hydroxylation is 3. The van der Waals surface area contributed by atoms with E-state index in [9.17, 15) is 0 Å². The van der Waals surface area contributed by atoms with Crippen molar-refractivity contribution >= 4 is 0 Å². The van der Waals surface area contributed by atoms with Gasteiger partial charge in [-0.3, -0.25) is 0 Å². The maximum atomic E-state index is 4.71. The molecule has 21 heavy (non-hydrogen) atoms. The lowest BCUT2D eigenvalue weighted by Gasteiger charge is -2.12. The highest BCUT2D eigenvalue weighted by Gasteiger charge is 2.21. The van der Waals surface area contributed by atoms with Crippen molar-refractivity contribution in [3.63, 3.8) is 0 Å². The molecule has 2 aromatic rings. The fourth-order valence-electron chi connectivity index (χ4n) is 2.68. The predicted molar refractivity (Wildman–Crippen MR) is 85.4 cm³/mol. The summed E-state index contributed by atoms with van der Waals surface area (Å²) in [6, 6.07) is 9.28. The van der Waals surface area contributed by atoms with Gasteiger partial charge in [0.25, 0.3) is 0 Å². The van der Waals surface area contributed by atoms with E-state index >= 15 is 0 Å². The van der Waals surface area contributed by atoms with Crippen LogP contribution in [-0.4, -0.2) is 16.0 Å². The Morgan fingerprint density at radius 2 is 1.81 bits per heavy atom. The lowest BCUT2D eigenvalue weighted by Crippen LogP contribution is -2.18. The number of nitrogens with zero attached hydrogens (tertiary/aromatic N) is 2. The topological polar surface area (TPSA) is 37.8 Å². The van der Waals surface area contributed by atoms with Crippen LogP contribution in [0.5, 0.6) is 0 Å². The highest BCUT2D eigenvalue weighted by atomic mass is 15.0. The molecule has 3 heteroatoms. The molecule has 1 aliphatic carbocycles. The molecule has 1 aromatic carbocycles. The highest BCUT2D eigenvalue weighted by molar-refractivity contribution is 5.28. The van der Waals surface area contributed by atoms with E-state index in [2.05, 4.69) is 50.4 Å². The maximum absolute atomic E-state index is 4.71. The third-order valence-corrected chi connectivity index (χ3v) is 4.06. The molecule has 3 nitrogen and oxygen atoms in total. The first-order valence-electron chi connectivity index (χ1n) is 7.74. The first-order valence-corrected chi connectivity index (χ1v) is 7.74. The van der Waals surface area contributed by atoms with Gasteiger partial charge in [0.15, 0.2) is 0 Å². The number of nitrogens with one attached hydrogen (secondary N) is 1. The summed E-state index contributed by atoms with van der Waals surface area (Å²) < 4.78 is 0. The molecule has 110 valence electrons. The molecule has 1 aliphatic rings. The molecule has 0 unspecified atom stereocenters. The summed E-state index contributed by atoms with van der Waals surface area (Å²) >= 11 is 0. The molecule has 1 N–H and O–H groups in total. The van der Waals surface area contributed by atoms with Crippen LogP contribution in [0.3, 0.4) is 0 Å². The Kier molecular flexibility index (Phi) is 4.02. The number of benzene rings is 1. The molecule has 0 saturated heterocycles. The van der Waals surface area contributed by atoms with E-state index in [1.54, 1.807) is 0 Å². The molecular weight excluding hydrogens is 258 g/mol. The standard InChI is InChI=1S/C18H23N3/c1-12-5-4-6-15(9-12)10-18-20-13(2)17(14(3)21-18)11-19-16-7-8-16/h4-6,9,16,19H,7-8,10-11H2,1-3H3. The summed E-state index contributed by atoms with van der Waals surface area (Å²) in [5, 5.41) is 3.55. The third kappa shape index (κ3) is 3.67. The van der Waals surface area contributed by atoms with Gasteiger partial charge in [0.1, 0.15) is 5.82 Å². The lowest BCUT2D eigenvalue weighted by atomic mass is 10.1. The van der Waals surface area contributed by atoms with Gasteiger partial charge in [-0.1, -0.05) is 29.8 Å². The highest BCUT2D eigenvalue weighted by Crippen LogP contribution is 2.20. The fraction of sp³-hybridized carbons (Fsp3) is 0.444. The molecule has 0 aliphatic heterocycles. The molecule has 1 saturated carbocycles. The Balaban J connectivity index is 1.77. The van der Waals surface area contributed by atoms with Crippen molar-refractivity contribution in [1.82, 2.24) is 15.3 Å². The van der Waals surface area contributed by atoms with Crippen molar-refractivity contribution in [1.29, 1.82) is 0 Å². The molecule has 0 atom stereocenters. The molecule has 0 amide bonds. The Labute approximate surface area is 126 Å². The van der Waals surface area contributed by atoms with Gasteiger partial charge in [0.2, 0.25) is 0 Å². The minimum Gasteiger partial charge on any atom is -0.310 e. The largest absolute Gasteiger partial charge is 0.310 e. The SMILES string of the molecule is Cc1cccc(Cc2nc(C)c(CNC3CC3)c(C)n2)c1. The zero-order chi connectivity index (χ0) is 14.8. The van der Waals surface area contributed by atoms with Crippen LogP contribution in [0.1, 0.15) is 46.7 Å². The maximum Gasteiger partial charge on any atom is 0.133 e. The van der Waals surface area contributed by atoms with Crippen molar-refractivity contribution < 1.29 is 0 Å². The summed E-state index contributed by atoms with van der Waals surface area (Å²) in [6.45, 7) is 7.21. The molecule has 1 heterocycles. The number of hydrogen-bond donors (Lipinski definition) is 1. The average Bonchev–Trinajstić information content (AvgIpc) is 3.22. The summed E-state index contributed by atoms with van der Waals surface area (Å²) in [5.41, 5.74) is 6.04. The predicted octanol–water partition coefficient (Wildman–Crippen LogP) is 3.24. The van der Waals surface area contributed by atoms with Gasteiger partial charge in [-0.15, -0.1) is 0 Å². The quantitative estimate of drug-likeness (QED) is 0.914. The smallest absolute Gasteiger partial charge is 0.133 e. The van der Waals surface area contributed by atoms with Gasteiger partial charge in [-0.2, -0.15) is 0 Å². The molecule has 1 aromatic heterocycles. The Bertz CT molecular complexity index is 622. The second kappa shape index (κ2) is 5.94. The minimum atomic E-state index is 0.718. The lowest BCUT2D eigenvalue weighted by molar-refractivity contribution is 0.672. The third-order valence-electron chi connectivity index (χ3n) is 4.06. The van der Waals surface area contributed by atoms with E-state index in [1.165, 1.54) is 29.5 Å². The van der Waals surface area contributed by atoms with E-state index in [0.29, 0.717) is 0 Å². The van der Waals surface area contributed by atoms with E-state index in [0.717, 1.165) is 36.2 Å². The Hall–Kier alpha value is -1.74. The Morgan fingerprint density at radius 3 is 2.43 bits per heavy atom. The van der Waals surface area contributed by atoms with Crippen molar-refractivity contribution in [2.45, 2.75) is 52.6 Å². The van der Waals surface area contributed by atoms with Crippen LogP contribution in [0.4, 0.5) is 0 Å². The molecule has 3 rings (SSSR count). The molecule has 1 fully saturated rings. The summed E-state index contributed by atoms with van der Waals surface area (Å²) in [6.07, 6.45) is 3.43. The number of hydrogen-bond acceptors (Lipinski definition) is 3. The van der Waals surface area contributed by atoms with E-state index in [4.69, 9.17) is 9.97 Å². The van der Waals surface area contributed by atoms with Crippen LogP contribution in [0.25, 0.3) is 0 Å². The van der Waals surface area contributed by atoms with Gasteiger partial charge in [0.05, 0.1) is 0 Å². The van der Waals surface area contributed by atoms with Gasteiger partial charge in [0, 0.05) is 36.0 Å². The first kappa shape index (κ1) is 14.2. The molecule has 0 radical (unpaired) electrons. The fourth-order valence-corrected chi connectivity index (χ4v) is 2.68. The molecule has 0 spiro atoms. The van der Waals surface area contributed by atoms with Crippen molar-refractivity contribution in [3.05, 3.63) is 58.2 Å². The van der Waals surface area contributed by atoms with Crippen LogP contribution >= 0.6 is 0 Å². The average molecular weight is 281 g/mol. The normalized spacial score (nSPS) is 14.4. The van der Waals surface area contributed by atoms with Gasteiger partial charge in [-0.25, -0.2) is 9.97 Å². The monoisotopic (exact) mass is 281 g/mol. The van der Waals surface area contributed by atoms with Crippen LogP contribution in [0.2, 0.25) is 0 Å². The molecule has 0 bridgehead atoms. The second-order valence-electron chi connectivity index (χ2n) is 6.11. The van der Waals surface area contributed by atoms with E-state index < -0.39 is 0 Å².